The Bertz CT molecular complexity index is 183. The van der Waals surface area contributed by atoms with Crippen LogP contribution in [-0.2, 0) is 4.74 Å². The molecule has 1 aliphatic rings. The van der Waals surface area contributed by atoms with Gasteiger partial charge in [0.1, 0.15) is 5.76 Å². The van der Waals surface area contributed by atoms with E-state index in [0.29, 0.717) is 5.76 Å². The highest BCUT2D eigenvalue weighted by atomic mass is 16.5. The second-order valence-electron chi connectivity index (χ2n) is 2.81. The quantitative estimate of drug-likeness (QED) is 0.492. The van der Waals surface area contributed by atoms with Crippen molar-refractivity contribution in [3.63, 3.8) is 0 Å². The molecule has 0 amide bonds. The van der Waals surface area contributed by atoms with Crippen molar-refractivity contribution in [3.05, 3.63) is 24.6 Å². The Kier molecular flexibility index (Phi) is 3.17. The fourth-order valence-corrected chi connectivity index (χ4v) is 1.23. The van der Waals surface area contributed by atoms with Gasteiger partial charge in [-0.1, -0.05) is 13.2 Å². The Hall–Kier alpha value is -0.960. The van der Waals surface area contributed by atoms with Crippen molar-refractivity contribution in [1.29, 1.82) is 0 Å². The second-order valence-corrected chi connectivity index (χ2v) is 2.81. The molecule has 1 heterocycles. The summed E-state index contributed by atoms with van der Waals surface area (Å²) in [5.74, 6) is 0.664. The van der Waals surface area contributed by atoms with Crippen LogP contribution in [0.5, 0.6) is 0 Å². The minimum absolute atomic E-state index is 0.664. The van der Waals surface area contributed by atoms with Crippen molar-refractivity contribution in [2.24, 2.45) is 0 Å². The van der Waals surface area contributed by atoms with E-state index >= 15 is 0 Å². The topological polar surface area (TPSA) is 24.5 Å². The maximum atomic E-state index is 5.01. The van der Waals surface area contributed by atoms with Gasteiger partial charge in [-0.05, 0) is 0 Å². The molecule has 3 nitrogen and oxygen atoms in total. The predicted octanol–water partition coefficient (Wildman–Crippen LogP) is 0.565. The number of methoxy groups -OCH3 is 1. The third-order valence-electron chi connectivity index (χ3n) is 2.07. The molecule has 0 aromatic rings. The van der Waals surface area contributed by atoms with Crippen LogP contribution in [0.3, 0.4) is 0 Å². The Morgan fingerprint density at radius 1 is 1.33 bits per heavy atom. The van der Waals surface area contributed by atoms with Crippen LogP contribution in [0, 0.1) is 0 Å². The highest BCUT2D eigenvalue weighted by molar-refractivity contribution is 5.18. The van der Waals surface area contributed by atoms with Gasteiger partial charge in [-0.15, -0.1) is 0 Å². The zero-order valence-corrected chi connectivity index (χ0v) is 7.60. The lowest BCUT2D eigenvalue weighted by molar-refractivity contribution is 0.242. The standard InChI is InChI=1S/C9H16N2O/c1-8(9(2)12-3)11-6-4-10-5-7-11/h10H,1-2,4-7H2,3H3. The molecule has 68 valence electrons. The predicted molar refractivity (Wildman–Crippen MR) is 49.7 cm³/mol. The zero-order chi connectivity index (χ0) is 8.97. The Balaban J connectivity index is 2.45. The summed E-state index contributed by atoms with van der Waals surface area (Å²) in [4.78, 5) is 2.18. The van der Waals surface area contributed by atoms with Gasteiger partial charge in [0.05, 0.1) is 12.8 Å². The van der Waals surface area contributed by atoms with Gasteiger partial charge in [0.2, 0.25) is 0 Å². The molecule has 1 fully saturated rings. The molecular weight excluding hydrogens is 152 g/mol. The van der Waals surface area contributed by atoms with E-state index in [1.54, 1.807) is 7.11 Å². The van der Waals surface area contributed by atoms with E-state index in [1.807, 2.05) is 0 Å². The first-order valence-electron chi connectivity index (χ1n) is 4.13. The van der Waals surface area contributed by atoms with Gasteiger partial charge in [0.25, 0.3) is 0 Å². The molecule has 0 aliphatic carbocycles. The molecule has 1 aliphatic heterocycles. The van der Waals surface area contributed by atoms with Gasteiger partial charge < -0.3 is 15.0 Å². The molecule has 0 radical (unpaired) electrons. The molecule has 0 aromatic carbocycles. The summed E-state index contributed by atoms with van der Waals surface area (Å²) in [6, 6.07) is 0. The second kappa shape index (κ2) is 4.16. The number of nitrogens with zero attached hydrogens (tertiary/aromatic N) is 1. The van der Waals surface area contributed by atoms with Gasteiger partial charge in [0.15, 0.2) is 0 Å². The van der Waals surface area contributed by atoms with E-state index in [2.05, 4.69) is 23.4 Å². The zero-order valence-electron chi connectivity index (χ0n) is 7.60. The van der Waals surface area contributed by atoms with Gasteiger partial charge in [-0.2, -0.15) is 0 Å². The lowest BCUT2D eigenvalue weighted by Crippen LogP contribution is -2.42. The monoisotopic (exact) mass is 168 g/mol. The highest BCUT2D eigenvalue weighted by Gasteiger charge is 2.13. The Morgan fingerprint density at radius 2 is 1.92 bits per heavy atom. The number of nitrogens with one attached hydrogen (secondary N) is 1. The summed E-state index contributed by atoms with van der Waals surface area (Å²) in [7, 11) is 1.62. The number of hydrogen-bond acceptors (Lipinski definition) is 3. The third kappa shape index (κ3) is 2.01. The summed E-state index contributed by atoms with van der Waals surface area (Å²) < 4.78 is 5.01. The average Bonchev–Trinajstić information content (AvgIpc) is 2.17. The molecule has 12 heavy (non-hydrogen) atoms. The maximum absolute atomic E-state index is 5.01. The van der Waals surface area contributed by atoms with Crippen LogP contribution in [0.1, 0.15) is 0 Å². The van der Waals surface area contributed by atoms with Crippen LogP contribution in [0.4, 0.5) is 0 Å². The number of piperazine rings is 1. The molecule has 0 atom stereocenters. The van der Waals surface area contributed by atoms with Crippen molar-refractivity contribution >= 4 is 0 Å². The van der Waals surface area contributed by atoms with E-state index in [4.69, 9.17) is 4.74 Å². The minimum atomic E-state index is 0.664. The van der Waals surface area contributed by atoms with E-state index in [1.165, 1.54) is 0 Å². The van der Waals surface area contributed by atoms with Gasteiger partial charge in [0, 0.05) is 26.2 Å². The smallest absolute Gasteiger partial charge is 0.134 e. The summed E-state index contributed by atoms with van der Waals surface area (Å²) in [5.41, 5.74) is 0.902. The SMILES string of the molecule is C=C(OC)C(=C)N1CCNCC1. The Morgan fingerprint density at radius 3 is 2.42 bits per heavy atom. The first kappa shape index (κ1) is 9.13. The molecular formula is C9H16N2O. The molecule has 1 N–H and O–H groups in total. The fraction of sp³-hybridized carbons (Fsp3) is 0.556. The number of hydrogen-bond donors (Lipinski definition) is 1. The fourth-order valence-electron chi connectivity index (χ4n) is 1.23. The summed E-state index contributed by atoms with van der Waals surface area (Å²) in [6.45, 7) is 11.7. The highest BCUT2D eigenvalue weighted by Crippen LogP contribution is 2.11. The van der Waals surface area contributed by atoms with Crippen molar-refractivity contribution in [2.45, 2.75) is 0 Å². The minimum Gasteiger partial charge on any atom is -0.495 e. The summed E-state index contributed by atoms with van der Waals surface area (Å²) in [6.07, 6.45) is 0. The van der Waals surface area contributed by atoms with Crippen LogP contribution in [0.25, 0.3) is 0 Å². The van der Waals surface area contributed by atoms with Gasteiger partial charge in [-0.25, -0.2) is 0 Å². The van der Waals surface area contributed by atoms with Crippen molar-refractivity contribution in [2.75, 3.05) is 33.3 Å². The molecule has 0 unspecified atom stereocenters. The number of rotatable bonds is 3. The largest absolute Gasteiger partial charge is 0.495 e. The molecule has 1 saturated heterocycles. The molecule has 0 bridgehead atoms. The summed E-state index contributed by atoms with van der Waals surface area (Å²) in [5, 5.41) is 3.27. The van der Waals surface area contributed by atoms with E-state index in [9.17, 15) is 0 Å². The van der Waals surface area contributed by atoms with Crippen LogP contribution in [-0.4, -0.2) is 38.2 Å². The van der Waals surface area contributed by atoms with Crippen LogP contribution < -0.4 is 5.32 Å². The number of ether oxygens (including phenoxy) is 1. The van der Waals surface area contributed by atoms with Crippen LogP contribution in [0.15, 0.2) is 24.6 Å². The molecule has 0 aromatic heterocycles. The van der Waals surface area contributed by atoms with Gasteiger partial charge in [-0.3, -0.25) is 0 Å². The molecule has 0 spiro atoms. The molecule has 3 heteroatoms. The maximum Gasteiger partial charge on any atom is 0.134 e. The Labute approximate surface area is 73.7 Å². The van der Waals surface area contributed by atoms with Gasteiger partial charge >= 0.3 is 0 Å². The average molecular weight is 168 g/mol. The van der Waals surface area contributed by atoms with Crippen molar-refractivity contribution < 1.29 is 4.74 Å². The van der Waals surface area contributed by atoms with Crippen molar-refractivity contribution in [1.82, 2.24) is 10.2 Å². The lowest BCUT2D eigenvalue weighted by atomic mass is 10.3. The van der Waals surface area contributed by atoms with E-state index in [0.717, 1.165) is 31.9 Å². The van der Waals surface area contributed by atoms with E-state index < -0.39 is 0 Å². The first-order valence-corrected chi connectivity index (χ1v) is 4.13. The van der Waals surface area contributed by atoms with Crippen molar-refractivity contribution in [3.8, 4) is 0 Å². The normalized spacial score (nSPS) is 17.2. The first-order chi connectivity index (χ1) is 5.75. The third-order valence-corrected chi connectivity index (χ3v) is 2.07. The lowest BCUT2D eigenvalue weighted by Gasteiger charge is -2.31. The summed E-state index contributed by atoms with van der Waals surface area (Å²) >= 11 is 0. The molecule has 1 rings (SSSR count). The van der Waals surface area contributed by atoms with Crippen LogP contribution in [0.2, 0.25) is 0 Å². The van der Waals surface area contributed by atoms with Crippen LogP contribution >= 0.6 is 0 Å². The molecule has 0 saturated carbocycles. The van der Waals surface area contributed by atoms with E-state index in [-0.39, 0.29) is 0 Å².